The third kappa shape index (κ3) is 2.71. The topological polar surface area (TPSA) is 59.6 Å². The molecule has 3 heterocycles. The van der Waals surface area contributed by atoms with Gasteiger partial charge in [-0.3, -0.25) is 0 Å². The lowest BCUT2D eigenvalue weighted by Gasteiger charge is -2.56. The van der Waals surface area contributed by atoms with E-state index in [0.717, 1.165) is 44.6 Å². The molecule has 0 aromatic heterocycles. The van der Waals surface area contributed by atoms with E-state index in [0.29, 0.717) is 18.1 Å². The molecule has 25 heavy (non-hydrogen) atoms. The lowest BCUT2D eigenvalue weighted by molar-refractivity contribution is -0.126. The summed E-state index contributed by atoms with van der Waals surface area (Å²) in [7, 11) is 0. The van der Waals surface area contributed by atoms with Gasteiger partial charge in [-0.1, -0.05) is 12.8 Å². The van der Waals surface area contributed by atoms with Gasteiger partial charge in [-0.2, -0.15) is 11.8 Å². The Morgan fingerprint density at radius 3 is 2.76 bits per heavy atom. The summed E-state index contributed by atoms with van der Waals surface area (Å²) in [5, 5.41) is 6.65. The fraction of sp³-hybridized carbons (Fsp3) is 0.947. The number of nitrogens with one attached hydrogen (secondary N) is 2. The van der Waals surface area contributed by atoms with Gasteiger partial charge in [-0.15, -0.1) is 0 Å². The normalized spacial score (nSPS) is 44.6. The number of fused-ring (bicyclic) bond motifs is 2. The maximum absolute atomic E-state index is 12.7. The lowest BCUT2D eigenvalue weighted by atomic mass is 9.54. The monoisotopic (exact) mass is 366 g/mol. The van der Waals surface area contributed by atoms with Crippen LogP contribution in [0.1, 0.15) is 51.4 Å². The Labute approximate surface area is 154 Å². The number of hydrogen-bond acceptors (Lipinski definition) is 4. The Kier molecular flexibility index (Phi) is 4.21. The zero-order valence-electron chi connectivity index (χ0n) is 14.9. The number of urea groups is 1. The van der Waals surface area contributed by atoms with Gasteiger partial charge < -0.3 is 20.1 Å². The van der Waals surface area contributed by atoms with Crippen molar-refractivity contribution in [1.29, 1.82) is 0 Å². The van der Waals surface area contributed by atoms with Crippen molar-refractivity contribution in [2.24, 2.45) is 11.3 Å². The highest BCUT2D eigenvalue weighted by atomic mass is 32.2. The van der Waals surface area contributed by atoms with Crippen LogP contribution in [0.3, 0.4) is 0 Å². The molecule has 5 nitrogen and oxygen atoms in total. The zero-order chi connectivity index (χ0) is 16.9. The quantitative estimate of drug-likeness (QED) is 0.789. The Bertz CT molecular complexity index is 531. The first kappa shape index (κ1) is 16.7. The first-order valence-corrected chi connectivity index (χ1v) is 11.3. The molecule has 6 heteroatoms. The Morgan fingerprint density at radius 2 is 1.96 bits per heavy atom. The molecule has 2 amide bonds. The smallest absolute Gasteiger partial charge is 0.315 e. The third-order valence-electron chi connectivity index (χ3n) is 7.47. The van der Waals surface area contributed by atoms with Crippen molar-refractivity contribution < 1.29 is 14.3 Å². The summed E-state index contributed by atoms with van der Waals surface area (Å²) in [4.78, 5) is 12.7. The molecule has 5 atom stereocenters. The highest BCUT2D eigenvalue weighted by molar-refractivity contribution is 7.99. The molecule has 3 saturated heterocycles. The van der Waals surface area contributed by atoms with Gasteiger partial charge in [0, 0.05) is 42.4 Å². The summed E-state index contributed by atoms with van der Waals surface area (Å²) >= 11 is 1.98. The van der Waals surface area contributed by atoms with Crippen LogP contribution in [0, 0.1) is 11.3 Å². The van der Waals surface area contributed by atoms with E-state index in [9.17, 15) is 4.79 Å². The number of carbonyl (C=O) groups is 1. The van der Waals surface area contributed by atoms with E-state index in [1.54, 1.807) is 0 Å². The van der Waals surface area contributed by atoms with Crippen molar-refractivity contribution in [1.82, 2.24) is 10.6 Å². The van der Waals surface area contributed by atoms with E-state index in [1.807, 2.05) is 11.8 Å². The van der Waals surface area contributed by atoms with Crippen molar-refractivity contribution in [3.63, 3.8) is 0 Å². The van der Waals surface area contributed by atoms with Gasteiger partial charge in [0.05, 0.1) is 11.7 Å². The Hall–Kier alpha value is -0.460. The molecule has 0 radical (unpaired) electrons. The molecule has 5 fully saturated rings. The minimum absolute atomic E-state index is 0.0222. The van der Waals surface area contributed by atoms with Crippen molar-refractivity contribution in [2.45, 2.75) is 75.2 Å². The van der Waals surface area contributed by atoms with E-state index in [2.05, 4.69) is 10.6 Å². The molecule has 2 N–H and O–H groups in total. The maximum atomic E-state index is 12.7. The minimum Gasteiger partial charge on any atom is -0.377 e. The first-order valence-electron chi connectivity index (χ1n) is 10.1. The molecule has 0 aromatic carbocycles. The highest BCUT2D eigenvalue weighted by Crippen LogP contribution is 2.60. The molecule has 2 aliphatic carbocycles. The largest absolute Gasteiger partial charge is 0.377 e. The molecule has 2 spiro atoms. The average Bonchev–Trinajstić information content (AvgIpc) is 3.33. The van der Waals surface area contributed by atoms with Crippen LogP contribution in [0.15, 0.2) is 0 Å². The van der Waals surface area contributed by atoms with Crippen LogP contribution < -0.4 is 10.6 Å². The summed E-state index contributed by atoms with van der Waals surface area (Å²) in [6.07, 6.45) is 9.55. The Balaban J connectivity index is 1.20. The van der Waals surface area contributed by atoms with Gasteiger partial charge in [0.2, 0.25) is 0 Å². The summed E-state index contributed by atoms with van der Waals surface area (Å²) in [5.41, 5.74) is 0.256. The van der Waals surface area contributed by atoms with Gasteiger partial charge in [-0.25, -0.2) is 4.79 Å². The van der Waals surface area contributed by atoms with E-state index in [-0.39, 0.29) is 23.1 Å². The molecular formula is C19H30N2O3S. The highest BCUT2D eigenvalue weighted by Gasteiger charge is 2.65. The molecule has 0 aromatic rings. The number of thioether (sulfide) groups is 1. The Morgan fingerprint density at radius 1 is 1.08 bits per heavy atom. The standard InChI is InChI=1S/C19H30N2O3S/c22-17(20-13-3-9-24-18(11-13)7-10-25-12-18)21-15-14-4-8-23-16(14)19(15)5-1-2-6-19/h13-16H,1-12H2,(H2,20,21,22). The molecule has 2 saturated carbocycles. The fourth-order valence-electron chi connectivity index (χ4n) is 6.29. The number of amides is 2. The zero-order valence-corrected chi connectivity index (χ0v) is 15.7. The number of hydrogen-bond donors (Lipinski definition) is 2. The number of carbonyl (C=O) groups excluding carboxylic acids is 1. The van der Waals surface area contributed by atoms with Crippen LogP contribution in [0.4, 0.5) is 4.79 Å². The van der Waals surface area contributed by atoms with Crippen LogP contribution in [0.2, 0.25) is 0 Å². The van der Waals surface area contributed by atoms with Crippen LogP contribution in [0.25, 0.3) is 0 Å². The van der Waals surface area contributed by atoms with Crippen molar-refractivity contribution in [2.75, 3.05) is 24.7 Å². The molecule has 140 valence electrons. The van der Waals surface area contributed by atoms with Crippen LogP contribution in [0.5, 0.6) is 0 Å². The van der Waals surface area contributed by atoms with E-state index in [1.165, 1.54) is 31.4 Å². The second kappa shape index (κ2) is 6.31. The van der Waals surface area contributed by atoms with E-state index >= 15 is 0 Å². The maximum Gasteiger partial charge on any atom is 0.315 e. The van der Waals surface area contributed by atoms with Crippen molar-refractivity contribution in [3.05, 3.63) is 0 Å². The summed E-state index contributed by atoms with van der Waals surface area (Å²) in [6, 6.07) is 0.607. The van der Waals surface area contributed by atoms with Gasteiger partial charge in [0.15, 0.2) is 0 Å². The molecule has 3 aliphatic heterocycles. The number of ether oxygens (including phenoxy) is 2. The second-order valence-corrected chi connectivity index (χ2v) is 9.91. The van der Waals surface area contributed by atoms with Gasteiger partial charge in [0.25, 0.3) is 0 Å². The lowest BCUT2D eigenvalue weighted by Crippen LogP contribution is -2.69. The van der Waals surface area contributed by atoms with Crippen LogP contribution >= 0.6 is 11.8 Å². The van der Waals surface area contributed by atoms with Crippen LogP contribution in [-0.4, -0.2) is 54.5 Å². The minimum atomic E-state index is 0.0222. The van der Waals surface area contributed by atoms with Gasteiger partial charge in [0.1, 0.15) is 0 Å². The van der Waals surface area contributed by atoms with Gasteiger partial charge >= 0.3 is 6.03 Å². The van der Waals surface area contributed by atoms with Crippen LogP contribution in [-0.2, 0) is 9.47 Å². The first-order chi connectivity index (χ1) is 12.2. The molecule has 5 rings (SSSR count). The predicted octanol–water partition coefficient (Wildman–Crippen LogP) is 2.69. The summed E-state index contributed by atoms with van der Waals surface area (Å²) < 4.78 is 12.1. The third-order valence-corrected chi connectivity index (χ3v) is 8.69. The van der Waals surface area contributed by atoms with Gasteiger partial charge in [-0.05, 0) is 44.3 Å². The van der Waals surface area contributed by atoms with Crippen molar-refractivity contribution >= 4 is 17.8 Å². The van der Waals surface area contributed by atoms with E-state index < -0.39 is 0 Å². The predicted molar refractivity (Wildman–Crippen MR) is 97.9 cm³/mol. The molecular weight excluding hydrogens is 336 g/mol. The van der Waals surface area contributed by atoms with E-state index in [4.69, 9.17) is 9.47 Å². The SMILES string of the molecule is O=C(NC1CCOC2(CCSC2)C1)NC1C2CCOC2C12CCCC2. The summed E-state index contributed by atoms with van der Waals surface area (Å²) in [5.74, 6) is 2.81. The van der Waals surface area contributed by atoms with Crippen molar-refractivity contribution in [3.8, 4) is 0 Å². The summed E-state index contributed by atoms with van der Waals surface area (Å²) in [6.45, 7) is 1.65. The molecule has 5 aliphatic rings. The number of rotatable bonds is 2. The fourth-order valence-corrected chi connectivity index (χ4v) is 7.66. The second-order valence-electron chi connectivity index (χ2n) is 8.80. The molecule has 0 bridgehead atoms. The molecule has 5 unspecified atom stereocenters. The average molecular weight is 367 g/mol.